The summed E-state index contributed by atoms with van der Waals surface area (Å²) in [5.41, 5.74) is 1.24. The molecule has 0 N–H and O–H groups in total. The van der Waals surface area contributed by atoms with Crippen molar-refractivity contribution in [3.63, 3.8) is 0 Å². The van der Waals surface area contributed by atoms with Gasteiger partial charge in [-0.3, -0.25) is 4.79 Å². The van der Waals surface area contributed by atoms with Crippen molar-refractivity contribution >= 4 is 21.9 Å². The van der Waals surface area contributed by atoms with Gasteiger partial charge in [-0.25, -0.2) is 4.39 Å². The Balaban J connectivity index is 3.02. The molecule has 2 nitrogen and oxygen atoms in total. The van der Waals surface area contributed by atoms with Crippen LogP contribution in [0.25, 0.3) is 0 Å². The van der Waals surface area contributed by atoms with Crippen molar-refractivity contribution in [3.8, 4) is 5.75 Å². The van der Waals surface area contributed by atoms with Crippen LogP contribution in [0.15, 0.2) is 12.1 Å². The highest BCUT2D eigenvalue weighted by Crippen LogP contribution is 2.24. The van der Waals surface area contributed by atoms with E-state index in [0.717, 1.165) is 0 Å². The van der Waals surface area contributed by atoms with Gasteiger partial charge < -0.3 is 4.74 Å². The Hall–Kier alpha value is -0.900. The van der Waals surface area contributed by atoms with Crippen LogP contribution in [0.1, 0.15) is 11.1 Å². The summed E-state index contributed by atoms with van der Waals surface area (Å²) in [7, 11) is 0. The number of rotatable bonds is 2. The highest BCUT2D eigenvalue weighted by Gasteiger charge is 2.10. The van der Waals surface area contributed by atoms with Gasteiger partial charge >= 0.3 is 5.97 Å². The van der Waals surface area contributed by atoms with Crippen molar-refractivity contribution in [3.05, 3.63) is 29.1 Å². The number of halogens is 2. The summed E-state index contributed by atoms with van der Waals surface area (Å²) >= 11 is 2.99. The van der Waals surface area contributed by atoms with E-state index in [1.807, 2.05) is 0 Å². The molecule has 0 heterocycles. The van der Waals surface area contributed by atoms with Crippen molar-refractivity contribution in [2.24, 2.45) is 0 Å². The highest BCUT2D eigenvalue weighted by atomic mass is 79.9. The lowest BCUT2D eigenvalue weighted by Gasteiger charge is -2.09. The molecule has 0 saturated carbocycles. The SMILES string of the molecule is Cc1cc(F)cc(C)c1OC(=O)CBr. The number of esters is 1. The molecule has 1 rings (SSSR count). The molecule has 1 aromatic carbocycles. The molecule has 76 valence electrons. The van der Waals surface area contributed by atoms with Gasteiger partial charge in [0.2, 0.25) is 0 Å². The van der Waals surface area contributed by atoms with Crippen LogP contribution < -0.4 is 4.74 Å². The second-order valence-electron chi connectivity index (χ2n) is 2.98. The highest BCUT2D eigenvalue weighted by molar-refractivity contribution is 9.09. The van der Waals surface area contributed by atoms with Crippen molar-refractivity contribution in [2.75, 3.05) is 5.33 Å². The molecule has 0 fully saturated rings. The molecule has 0 spiro atoms. The van der Waals surface area contributed by atoms with E-state index in [1.54, 1.807) is 13.8 Å². The largest absolute Gasteiger partial charge is 0.425 e. The fourth-order valence-corrected chi connectivity index (χ4v) is 1.31. The van der Waals surface area contributed by atoms with E-state index >= 15 is 0 Å². The Morgan fingerprint density at radius 2 is 1.93 bits per heavy atom. The van der Waals surface area contributed by atoms with E-state index in [9.17, 15) is 9.18 Å². The van der Waals surface area contributed by atoms with Gasteiger partial charge in [-0.2, -0.15) is 0 Å². The normalized spacial score (nSPS) is 10.0. The average Bonchev–Trinajstić information content (AvgIpc) is 2.10. The van der Waals surface area contributed by atoms with Gasteiger partial charge in [-0.15, -0.1) is 0 Å². The summed E-state index contributed by atoms with van der Waals surface area (Å²) < 4.78 is 17.9. The van der Waals surface area contributed by atoms with E-state index in [1.165, 1.54) is 12.1 Å². The Morgan fingerprint density at radius 3 is 2.36 bits per heavy atom. The first-order valence-electron chi connectivity index (χ1n) is 4.08. The number of carbonyl (C=O) groups is 1. The quantitative estimate of drug-likeness (QED) is 0.465. The summed E-state index contributed by atoms with van der Waals surface area (Å²) in [5, 5.41) is 0.128. The molecule has 0 bridgehead atoms. The third-order valence-corrected chi connectivity index (χ3v) is 2.21. The molecule has 0 aliphatic carbocycles. The third kappa shape index (κ3) is 2.54. The molecule has 0 atom stereocenters. The van der Waals surface area contributed by atoms with Crippen molar-refractivity contribution in [2.45, 2.75) is 13.8 Å². The zero-order valence-electron chi connectivity index (χ0n) is 7.93. The number of hydrogen-bond acceptors (Lipinski definition) is 2. The first kappa shape index (κ1) is 11.2. The lowest BCUT2D eigenvalue weighted by molar-refractivity contribution is -0.131. The van der Waals surface area contributed by atoms with Gasteiger partial charge in [0.1, 0.15) is 16.9 Å². The third-order valence-electron chi connectivity index (χ3n) is 1.75. The van der Waals surface area contributed by atoms with E-state index < -0.39 is 0 Å². The number of alkyl halides is 1. The predicted octanol–water partition coefficient (Wildman–Crippen LogP) is 2.74. The van der Waals surface area contributed by atoms with Gasteiger partial charge in [-0.05, 0) is 37.1 Å². The van der Waals surface area contributed by atoms with Crippen LogP contribution >= 0.6 is 15.9 Å². The maximum atomic E-state index is 12.9. The average molecular weight is 261 g/mol. The lowest BCUT2D eigenvalue weighted by atomic mass is 10.1. The molecular formula is C10H10BrFO2. The fourth-order valence-electron chi connectivity index (χ4n) is 1.20. The van der Waals surface area contributed by atoms with Crippen molar-refractivity contribution < 1.29 is 13.9 Å². The number of ether oxygens (including phenoxy) is 1. The lowest BCUT2D eigenvalue weighted by Crippen LogP contribution is -2.10. The van der Waals surface area contributed by atoms with Gasteiger partial charge in [0, 0.05) is 0 Å². The van der Waals surface area contributed by atoms with Crippen LogP contribution in [0.3, 0.4) is 0 Å². The molecule has 14 heavy (non-hydrogen) atoms. The molecule has 0 radical (unpaired) electrons. The molecule has 0 amide bonds. The maximum absolute atomic E-state index is 12.9. The van der Waals surface area contributed by atoms with Crippen molar-refractivity contribution in [1.29, 1.82) is 0 Å². The Bertz CT molecular complexity index is 340. The maximum Gasteiger partial charge on any atom is 0.321 e. The number of hydrogen-bond donors (Lipinski definition) is 0. The number of benzene rings is 1. The molecule has 0 aliphatic rings. The van der Waals surface area contributed by atoms with Crippen LogP contribution in [-0.2, 0) is 4.79 Å². The van der Waals surface area contributed by atoms with Gasteiger partial charge in [0.05, 0.1) is 0 Å². The summed E-state index contributed by atoms with van der Waals surface area (Å²) in [6, 6.07) is 2.67. The molecule has 0 saturated heterocycles. The smallest absolute Gasteiger partial charge is 0.321 e. The predicted molar refractivity (Wildman–Crippen MR) is 55.3 cm³/mol. The van der Waals surface area contributed by atoms with E-state index in [0.29, 0.717) is 16.9 Å². The van der Waals surface area contributed by atoms with Crippen LogP contribution in [0.4, 0.5) is 4.39 Å². The first-order chi connectivity index (χ1) is 6.54. The molecule has 1 aromatic rings. The number of carbonyl (C=O) groups excluding carboxylic acids is 1. The van der Waals surface area contributed by atoms with E-state index in [4.69, 9.17) is 4.74 Å². The van der Waals surface area contributed by atoms with Crippen molar-refractivity contribution in [1.82, 2.24) is 0 Å². The minimum absolute atomic E-state index is 0.128. The second-order valence-corrected chi connectivity index (χ2v) is 3.54. The minimum Gasteiger partial charge on any atom is -0.425 e. The molecule has 0 aliphatic heterocycles. The zero-order valence-corrected chi connectivity index (χ0v) is 9.52. The zero-order chi connectivity index (χ0) is 10.7. The molecular weight excluding hydrogens is 251 g/mol. The minimum atomic E-state index is -0.386. The monoisotopic (exact) mass is 260 g/mol. The number of aryl methyl sites for hydroxylation is 2. The summed E-state index contributed by atoms with van der Waals surface area (Å²) in [6.07, 6.45) is 0. The second kappa shape index (κ2) is 4.55. The standard InChI is InChI=1S/C10H10BrFO2/c1-6-3-8(12)4-7(2)10(6)14-9(13)5-11/h3-4H,5H2,1-2H3. The Kier molecular flexibility index (Phi) is 3.63. The van der Waals surface area contributed by atoms with Crippen LogP contribution in [0.2, 0.25) is 0 Å². The molecule has 0 aromatic heterocycles. The Morgan fingerprint density at radius 1 is 1.43 bits per heavy atom. The van der Waals surface area contributed by atoms with E-state index in [2.05, 4.69) is 15.9 Å². The molecule has 4 heteroatoms. The van der Waals surface area contributed by atoms with Gasteiger partial charge in [0.25, 0.3) is 0 Å². The summed E-state index contributed by atoms with van der Waals surface area (Å²) in [6.45, 7) is 3.40. The van der Waals surface area contributed by atoms with Crippen LogP contribution in [-0.4, -0.2) is 11.3 Å². The summed E-state index contributed by atoms with van der Waals surface area (Å²) in [5.74, 6) is -0.266. The van der Waals surface area contributed by atoms with Gasteiger partial charge in [0.15, 0.2) is 0 Å². The van der Waals surface area contributed by atoms with Crippen LogP contribution in [0, 0.1) is 19.7 Å². The molecule has 0 unspecified atom stereocenters. The van der Waals surface area contributed by atoms with E-state index in [-0.39, 0.29) is 17.1 Å². The first-order valence-corrected chi connectivity index (χ1v) is 5.20. The Labute approximate surface area is 90.2 Å². The van der Waals surface area contributed by atoms with Gasteiger partial charge in [-0.1, -0.05) is 15.9 Å². The fraction of sp³-hybridized carbons (Fsp3) is 0.300. The van der Waals surface area contributed by atoms with Crippen LogP contribution in [0.5, 0.6) is 5.75 Å². The topological polar surface area (TPSA) is 26.3 Å². The summed E-state index contributed by atoms with van der Waals surface area (Å²) in [4.78, 5) is 11.0.